The van der Waals surface area contributed by atoms with E-state index in [4.69, 9.17) is 15.2 Å². The Balaban J connectivity index is 1.44. The van der Waals surface area contributed by atoms with Gasteiger partial charge in [0, 0.05) is 0 Å². The van der Waals surface area contributed by atoms with E-state index in [0.29, 0.717) is 36.4 Å². The van der Waals surface area contributed by atoms with Crippen LogP contribution in [0.25, 0.3) is 11.2 Å². The summed E-state index contributed by atoms with van der Waals surface area (Å²) in [6.45, 7) is 0.386. The topological polar surface area (TPSA) is 125 Å². The van der Waals surface area contributed by atoms with Gasteiger partial charge in [-0.05, 0) is 36.5 Å². The highest BCUT2D eigenvalue weighted by molar-refractivity contribution is 5.82. The molecule has 2 aromatic heterocycles. The largest absolute Gasteiger partial charge is 0.497 e. The van der Waals surface area contributed by atoms with Crippen molar-refractivity contribution in [3.8, 4) is 5.75 Å². The van der Waals surface area contributed by atoms with Crippen LogP contribution in [0, 0.1) is 11.3 Å². The lowest BCUT2D eigenvalue weighted by atomic mass is 10.0. The van der Waals surface area contributed by atoms with Crippen LogP contribution in [0.2, 0.25) is 0 Å². The second-order valence-electron chi connectivity index (χ2n) is 7.75. The van der Waals surface area contributed by atoms with E-state index in [1.54, 1.807) is 13.4 Å². The fourth-order valence-corrected chi connectivity index (χ4v) is 4.63. The van der Waals surface area contributed by atoms with Gasteiger partial charge in [-0.1, -0.05) is 12.1 Å². The summed E-state index contributed by atoms with van der Waals surface area (Å²) in [5.41, 5.74) is 7.31. The fraction of sp³-hybridized carbons (Fsp3) is 0.400. The Bertz CT molecular complexity index is 1080. The van der Waals surface area contributed by atoms with Gasteiger partial charge >= 0.3 is 5.97 Å². The first-order valence-corrected chi connectivity index (χ1v) is 9.44. The molecule has 4 atom stereocenters. The number of carbonyl (C=O) groups is 1. The normalized spacial score (nSPS) is 27.7. The van der Waals surface area contributed by atoms with Crippen LogP contribution in [0.15, 0.2) is 36.9 Å². The molecule has 3 N–H and O–H groups in total. The number of ether oxygens (including phenoxy) is 2. The van der Waals surface area contributed by atoms with Gasteiger partial charge in [-0.2, -0.15) is 0 Å². The molecule has 2 aliphatic carbocycles. The number of rotatable bonds is 6. The van der Waals surface area contributed by atoms with Crippen LogP contribution >= 0.6 is 0 Å². The molecule has 3 aromatic rings. The number of nitrogens with two attached hydrogens (primary N) is 1. The predicted octanol–water partition coefficient (Wildman–Crippen LogP) is 2.04. The highest BCUT2D eigenvalue weighted by atomic mass is 16.5. The number of aromatic nitrogens is 4. The molecule has 2 saturated carbocycles. The van der Waals surface area contributed by atoms with Crippen molar-refractivity contribution in [3.05, 3.63) is 42.5 Å². The van der Waals surface area contributed by atoms with Crippen LogP contribution in [-0.2, 0) is 16.1 Å². The quantitative estimate of drug-likeness (QED) is 0.649. The maximum absolute atomic E-state index is 11.9. The summed E-state index contributed by atoms with van der Waals surface area (Å²) < 4.78 is 13.3. The van der Waals surface area contributed by atoms with Gasteiger partial charge < -0.3 is 24.9 Å². The van der Waals surface area contributed by atoms with Crippen molar-refractivity contribution in [3.63, 3.8) is 0 Å². The lowest BCUT2D eigenvalue weighted by Gasteiger charge is -2.24. The summed E-state index contributed by atoms with van der Waals surface area (Å²) >= 11 is 0. The Morgan fingerprint density at radius 1 is 1.28 bits per heavy atom. The number of fused-ring (bicyclic) bond motifs is 2. The minimum Gasteiger partial charge on any atom is -0.497 e. The van der Waals surface area contributed by atoms with Crippen molar-refractivity contribution in [1.29, 1.82) is 0 Å². The molecular formula is C20H21N5O4. The Kier molecular flexibility index (Phi) is 3.95. The molecule has 1 aromatic carbocycles. The van der Waals surface area contributed by atoms with Gasteiger partial charge in [0.05, 0.1) is 37.6 Å². The Hall–Kier alpha value is -3.20. The van der Waals surface area contributed by atoms with Crippen LogP contribution in [-0.4, -0.2) is 43.8 Å². The average Bonchev–Trinajstić information content (AvgIpc) is 3.13. The molecule has 2 fully saturated rings. The molecule has 2 aliphatic rings. The van der Waals surface area contributed by atoms with E-state index < -0.39 is 11.4 Å². The monoisotopic (exact) mass is 395 g/mol. The SMILES string of the molecule is COc1ccc(COC2C[C@]3(C(=O)O)C[C@@H]3[C@H]2n2cnc3c(N)ncnc32)cc1. The highest BCUT2D eigenvalue weighted by Crippen LogP contribution is 2.68. The van der Waals surface area contributed by atoms with Gasteiger partial charge in [-0.15, -0.1) is 0 Å². The number of hydrogen-bond acceptors (Lipinski definition) is 7. The number of nitrogens with zero attached hydrogens (tertiary/aromatic N) is 4. The molecule has 9 heteroatoms. The van der Waals surface area contributed by atoms with E-state index in [9.17, 15) is 9.90 Å². The second-order valence-corrected chi connectivity index (χ2v) is 7.75. The number of hydrogen-bond donors (Lipinski definition) is 2. The van der Waals surface area contributed by atoms with E-state index in [1.165, 1.54) is 6.33 Å². The zero-order valence-electron chi connectivity index (χ0n) is 15.9. The summed E-state index contributed by atoms with van der Waals surface area (Å²) in [5.74, 6) is 0.305. The van der Waals surface area contributed by atoms with Gasteiger partial charge in [0.1, 0.15) is 17.6 Å². The molecule has 0 bridgehead atoms. The zero-order chi connectivity index (χ0) is 20.2. The van der Waals surface area contributed by atoms with Crippen molar-refractivity contribution >= 4 is 23.0 Å². The minimum atomic E-state index is -0.762. The Morgan fingerprint density at radius 2 is 2.07 bits per heavy atom. The van der Waals surface area contributed by atoms with Crippen LogP contribution in [0.4, 0.5) is 5.82 Å². The Morgan fingerprint density at radius 3 is 2.79 bits per heavy atom. The average molecular weight is 395 g/mol. The number of carboxylic acids is 1. The zero-order valence-corrected chi connectivity index (χ0v) is 15.9. The summed E-state index contributed by atoms with van der Waals surface area (Å²) in [7, 11) is 1.62. The fourth-order valence-electron chi connectivity index (χ4n) is 4.63. The van der Waals surface area contributed by atoms with E-state index in [0.717, 1.165) is 11.3 Å². The number of anilines is 1. The first-order valence-electron chi connectivity index (χ1n) is 9.44. The van der Waals surface area contributed by atoms with Gasteiger partial charge in [-0.3, -0.25) is 4.79 Å². The van der Waals surface area contributed by atoms with Crippen LogP contribution in [0.5, 0.6) is 5.75 Å². The third kappa shape index (κ3) is 2.72. The minimum absolute atomic E-state index is 0.0190. The molecule has 0 saturated heterocycles. The molecule has 1 unspecified atom stereocenters. The van der Waals surface area contributed by atoms with Crippen LogP contribution < -0.4 is 10.5 Å². The highest BCUT2D eigenvalue weighted by Gasteiger charge is 2.71. The lowest BCUT2D eigenvalue weighted by molar-refractivity contribution is -0.144. The smallest absolute Gasteiger partial charge is 0.310 e. The van der Waals surface area contributed by atoms with E-state index >= 15 is 0 Å². The molecule has 5 rings (SSSR count). The van der Waals surface area contributed by atoms with Gasteiger partial charge in [0.2, 0.25) is 0 Å². The number of carboxylic acid groups (broad SMARTS) is 1. The maximum atomic E-state index is 11.9. The molecule has 29 heavy (non-hydrogen) atoms. The van der Waals surface area contributed by atoms with Crippen molar-refractivity contribution in [2.45, 2.75) is 31.6 Å². The van der Waals surface area contributed by atoms with Gasteiger partial charge in [0.15, 0.2) is 11.5 Å². The summed E-state index contributed by atoms with van der Waals surface area (Å²) in [5, 5.41) is 9.81. The number of methoxy groups -OCH3 is 1. The second kappa shape index (κ2) is 6.41. The van der Waals surface area contributed by atoms with Gasteiger partial charge in [0.25, 0.3) is 0 Å². The molecule has 0 radical (unpaired) electrons. The Labute approximate surface area is 166 Å². The first-order chi connectivity index (χ1) is 14.0. The van der Waals surface area contributed by atoms with Crippen LogP contribution in [0.3, 0.4) is 0 Å². The molecule has 0 aliphatic heterocycles. The first kappa shape index (κ1) is 17.9. The number of aliphatic carboxylic acids is 1. The van der Waals surface area contributed by atoms with Crippen molar-refractivity contribution in [1.82, 2.24) is 19.5 Å². The molecule has 9 nitrogen and oxygen atoms in total. The lowest BCUT2D eigenvalue weighted by Crippen LogP contribution is -2.25. The van der Waals surface area contributed by atoms with E-state index in [1.807, 2.05) is 28.8 Å². The molecule has 0 spiro atoms. The number of nitrogen functional groups attached to an aromatic ring is 1. The summed E-state index contributed by atoms with van der Waals surface area (Å²) in [6.07, 6.45) is 3.90. The third-order valence-electron chi connectivity index (χ3n) is 6.25. The van der Waals surface area contributed by atoms with E-state index in [2.05, 4.69) is 15.0 Å². The molecule has 0 amide bonds. The van der Waals surface area contributed by atoms with Crippen LogP contribution in [0.1, 0.15) is 24.4 Å². The standard InChI is InChI=1S/C20H21N5O4/c1-28-12-4-2-11(3-5-12)8-29-14-7-20(19(26)27)6-13(20)16(14)25-10-24-15-17(21)22-9-23-18(15)25/h2-5,9-10,13-14,16H,6-8H2,1H3,(H,26,27)(H2,21,22,23)/t13-,14?,16-,20-/m1/s1. The van der Waals surface area contributed by atoms with E-state index in [-0.39, 0.29) is 18.1 Å². The van der Waals surface area contributed by atoms with Crippen molar-refractivity contribution in [2.24, 2.45) is 11.3 Å². The van der Waals surface area contributed by atoms with Gasteiger partial charge in [-0.25, -0.2) is 15.0 Å². The summed E-state index contributed by atoms with van der Waals surface area (Å²) in [4.78, 5) is 24.6. The predicted molar refractivity (Wildman–Crippen MR) is 103 cm³/mol. The summed E-state index contributed by atoms with van der Waals surface area (Å²) in [6, 6.07) is 7.48. The maximum Gasteiger partial charge on any atom is 0.310 e. The number of benzene rings is 1. The molecule has 2 heterocycles. The molecule has 150 valence electrons. The molecular weight excluding hydrogens is 374 g/mol. The third-order valence-corrected chi connectivity index (χ3v) is 6.25. The van der Waals surface area contributed by atoms with Crippen molar-refractivity contribution < 1.29 is 19.4 Å². The number of imidazole rings is 1. The van der Waals surface area contributed by atoms with Crippen molar-refractivity contribution in [2.75, 3.05) is 12.8 Å².